The van der Waals surface area contributed by atoms with Crippen LogP contribution in [0.25, 0.3) is 0 Å². The molecule has 2 aromatic rings. The fourth-order valence-electron chi connectivity index (χ4n) is 2.78. The molecule has 0 amide bonds. The Hall–Kier alpha value is -2.13. The molecule has 6 nitrogen and oxygen atoms in total. The van der Waals surface area contributed by atoms with Crippen LogP contribution in [0.5, 0.6) is 0 Å². The van der Waals surface area contributed by atoms with Gasteiger partial charge in [0.2, 0.25) is 10.0 Å². The van der Waals surface area contributed by atoms with Crippen molar-refractivity contribution in [3.8, 4) is 0 Å². The van der Waals surface area contributed by atoms with Crippen LogP contribution in [0.1, 0.15) is 18.4 Å². The molecule has 0 aliphatic heterocycles. The Morgan fingerprint density at radius 3 is 2.15 bits per heavy atom. The van der Waals surface area contributed by atoms with E-state index in [0.717, 1.165) is 31.2 Å². The van der Waals surface area contributed by atoms with Crippen LogP contribution in [0, 0.1) is 12.7 Å². The van der Waals surface area contributed by atoms with Crippen LogP contribution in [-0.4, -0.2) is 29.1 Å². The van der Waals surface area contributed by atoms with Gasteiger partial charge in [0, 0.05) is 11.7 Å². The Morgan fingerprint density at radius 2 is 1.65 bits per heavy atom. The summed E-state index contributed by atoms with van der Waals surface area (Å²) in [6.45, 7) is 1.51. The summed E-state index contributed by atoms with van der Waals surface area (Å²) in [6.07, 6.45) is 2.77. The summed E-state index contributed by atoms with van der Waals surface area (Å²) in [7, 11) is -7.27. The quantitative estimate of drug-likeness (QED) is 0.811. The highest BCUT2D eigenvalue weighted by Crippen LogP contribution is 2.34. The Morgan fingerprint density at radius 1 is 1.04 bits per heavy atom. The molecular formula is C17H19FN2O4S2. The van der Waals surface area contributed by atoms with Crippen LogP contribution in [-0.2, 0) is 20.0 Å². The zero-order chi connectivity index (χ0) is 19.1. The predicted molar refractivity (Wildman–Crippen MR) is 98.7 cm³/mol. The highest BCUT2D eigenvalue weighted by atomic mass is 32.2. The van der Waals surface area contributed by atoms with Crippen molar-refractivity contribution in [2.75, 3.05) is 15.3 Å². The normalized spacial score (nSPS) is 14.9. The second-order valence-electron chi connectivity index (χ2n) is 6.35. The van der Waals surface area contributed by atoms with Crippen molar-refractivity contribution in [2.24, 2.45) is 0 Å². The van der Waals surface area contributed by atoms with Gasteiger partial charge >= 0.3 is 0 Å². The lowest BCUT2D eigenvalue weighted by Crippen LogP contribution is -2.31. The standard InChI is InChI=1S/C17H19FN2O4S2/c1-12-11-13(18)3-10-17(12)26(23,24)19-14-4-6-15(7-5-14)20(16-8-9-16)25(2,21)22/h3-7,10-11,16,19H,8-9H2,1-2H3. The minimum Gasteiger partial charge on any atom is -0.280 e. The monoisotopic (exact) mass is 398 g/mol. The maximum absolute atomic E-state index is 13.2. The van der Waals surface area contributed by atoms with E-state index in [9.17, 15) is 21.2 Å². The van der Waals surface area contributed by atoms with Crippen molar-refractivity contribution in [3.05, 3.63) is 53.8 Å². The molecule has 1 saturated carbocycles. The van der Waals surface area contributed by atoms with Crippen molar-refractivity contribution in [1.82, 2.24) is 0 Å². The molecule has 0 atom stereocenters. The molecule has 0 bridgehead atoms. The summed E-state index contributed by atoms with van der Waals surface area (Å²) in [5.41, 5.74) is 1.09. The molecule has 140 valence electrons. The molecule has 0 radical (unpaired) electrons. The van der Waals surface area contributed by atoms with E-state index in [1.54, 1.807) is 12.1 Å². The van der Waals surface area contributed by atoms with E-state index in [4.69, 9.17) is 0 Å². The topological polar surface area (TPSA) is 83.6 Å². The van der Waals surface area contributed by atoms with E-state index in [-0.39, 0.29) is 10.9 Å². The van der Waals surface area contributed by atoms with Crippen LogP contribution >= 0.6 is 0 Å². The lowest BCUT2D eigenvalue weighted by Gasteiger charge is -2.22. The van der Waals surface area contributed by atoms with Gasteiger partial charge in [0.1, 0.15) is 5.82 Å². The molecule has 1 fully saturated rings. The maximum atomic E-state index is 13.2. The lowest BCUT2D eigenvalue weighted by molar-refractivity contribution is 0.595. The number of rotatable bonds is 6. The summed E-state index contributed by atoms with van der Waals surface area (Å²) in [4.78, 5) is -0.0151. The van der Waals surface area contributed by atoms with E-state index in [1.165, 1.54) is 29.4 Å². The van der Waals surface area contributed by atoms with Crippen LogP contribution in [0.4, 0.5) is 15.8 Å². The number of hydrogen-bond acceptors (Lipinski definition) is 4. The van der Waals surface area contributed by atoms with Gasteiger partial charge < -0.3 is 0 Å². The van der Waals surface area contributed by atoms with Crippen LogP contribution < -0.4 is 9.03 Å². The van der Waals surface area contributed by atoms with Crippen molar-refractivity contribution in [3.63, 3.8) is 0 Å². The average molecular weight is 398 g/mol. The first-order chi connectivity index (χ1) is 12.1. The zero-order valence-corrected chi connectivity index (χ0v) is 15.9. The Balaban J connectivity index is 1.85. The molecule has 1 aliphatic rings. The molecule has 2 aromatic carbocycles. The van der Waals surface area contributed by atoms with Gasteiger partial charge in [-0.05, 0) is 67.8 Å². The summed E-state index contributed by atoms with van der Waals surface area (Å²) in [5.74, 6) is -0.508. The first kappa shape index (κ1) is 18.7. The van der Waals surface area contributed by atoms with Gasteiger partial charge in [0.15, 0.2) is 0 Å². The predicted octanol–water partition coefficient (Wildman–Crippen LogP) is 2.86. The molecule has 1 N–H and O–H groups in total. The van der Waals surface area contributed by atoms with Crippen molar-refractivity contribution in [2.45, 2.75) is 30.7 Å². The number of sulfonamides is 2. The second kappa shape index (κ2) is 6.55. The molecule has 3 rings (SSSR count). The Bertz CT molecular complexity index is 1030. The lowest BCUT2D eigenvalue weighted by atomic mass is 10.2. The van der Waals surface area contributed by atoms with Crippen molar-refractivity contribution < 1.29 is 21.2 Å². The van der Waals surface area contributed by atoms with Crippen LogP contribution in [0.3, 0.4) is 0 Å². The molecule has 0 heterocycles. The molecule has 0 unspecified atom stereocenters. The van der Waals surface area contributed by atoms with Gasteiger partial charge in [0.05, 0.1) is 16.8 Å². The van der Waals surface area contributed by atoms with Crippen LogP contribution in [0.2, 0.25) is 0 Å². The second-order valence-corrected chi connectivity index (χ2v) is 9.86. The summed E-state index contributed by atoms with van der Waals surface area (Å²) in [6, 6.07) is 9.55. The number of nitrogens with one attached hydrogen (secondary N) is 1. The van der Waals surface area contributed by atoms with Crippen molar-refractivity contribution >= 4 is 31.4 Å². The minimum absolute atomic E-state index is 0.0151. The number of benzene rings is 2. The fourth-order valence-corrected chi connectivity index (χ4v) is 5.33. The third-order valence-electron chi connectivity index (χ3n) is 4.04. The number of hydrogen-bond donors (Lipinski definition) is 1. The smallest absolute Gasteiger partial charge is 0.262 e. The van der Waals surface area contributed by atoms with Gasteiger partial charge in [-0.25, -0.2) is 21.2 Å². The van der Waals surface area contributed by atoms with E-state index in [0.29, 0.717) is 16.9 Å². The third kappa shape index (κ3) is 3.99. The van der Waals surface area contributed by atoms with E-state index < -0.39 is 25.9 Å². The van der Waals surface area contributed by atoms with Gasteiger partial charge in [-0.1, -0.05) is 0 Å². The molecule has 26 heavy (non-hydrogen) atoms. The maximum Gasteiger partial charge on any atom is 0.262 e. The molecule has 0 saturated heterocycles. The Kier molecular flexibility index (Phi) is 4.70. The first-order valence-corrected chi connectivity index (χ1v) is 11.3. The number of nitrogens with zero attached hydrogens (tertiary/aromatic N) is 1. The molecule has 1 aliphatic carbocycles. The highest BCUT2D eigenvalue weighted by Gasteiger charge is 2.35. The van der Waals surface area contributed by atoms with Gasteiger partial charge in [-0.15, -0.1) is 0 Å². The summed E-state index contributed by atoms with van der Waals surface area (Å²) in [5, 5.41) is 0. The Labute approximate surface area is 152 Å². The number of aryl methyl sites for hydroxylation is 1. The molecule has 0 spiro atoms. The highest BCUT2D eigenvalue weighted by molar-refractivity contribution is 7.92. The van der Waals surface area contributed by atoms with E-state index in [2.05, 4.69) is 4.72 Å². The zero-order valence-electron chi connectivity index (χ0n) is 14.3. The number of halogens is 1. The van der Waals surface area contributed by atoms with E-state index in [1.807, 2.05) is 0 Å². The minimum atomic E-state index is -3.87. The largest absolute Gasteiger partial charge is 0.280 e. The average Bonchev–Trinajstić information content (AvgIpc) is 3.31. The molecular weight excluding hydrogens is 379 g/mol. The van der Waals surface area contributed by atoms with Gasteiger partial charge in [0.25, 0.3) is 10.0 Å². The van der Waals surface area contributed by atoms with Crippen molar-refractivity contribution in [1.29, 1.82) is 0 Å². The molecule has 9 heteroatoms. The number of anilines is 2. The SMILES string of the molecule is Cc1cc(F)ccc1S(=O)(=O)Nc1ccc(N(C2CC2)S(C)(=O)=O)cc1. The van der Waals surface area contributed by atoms with Crippen LogP contribution in [0.15, 0.2) is 47.4 Å². The summed E-state index contributed by atoms with van der Waals surface area (Å²) < 4.78 is 65.9. The van der Waals surface area contributed by atoms with E-state index >= 15 is 0 Å². The fraction of sp³-hybridized carbons (Fsp3) is 0.294. The van der Waals surface area contributed by atoms with Gasteiger partial charge in [-0.2, -0.15) is 0 Å². The summed E-state index contributed by atoms with van der Waals surface area (Å²) >= 11 is 0. The molecule has 0 aromatic heterocycles. The first-order valence-electron chi connectivity index (χ1n) is 7.96. The third-order valence-corrected chi connectivity index (χ3v) is 6.80. The van der Waals surface area contributed by atoms with Gasteiger partial charge in [-0.3, -0.25) is 9.03 Å².